The third-order valence-electron chi connectivity index (χ3n) is 2.59. The van der Waals surface area contributed by atoms with E-state index >= 15 is 0 Å². The zero-order valence-corrected chi connectivity index (χ0v) is 10.3. The lowest BCUT2D eigenvalue weighted by atomic mass is 10.1. The second kappa shape index (κ2) is 5.16. The van der Waals surface area contributed by atoms with E-state index in [4.69, 9.17) is 5.84 Å². The first kappa shape index (κ1) is 11.2. The van der Waals surface area contributed by atoms with Crippen LogP contribution in [0.4, 0.5) is 0 Å². The van der Waals surface area contributed by atoms with Crippen LogP contribution in [0, 0.1) is 0 Å². The fourth-order valence-corrected chi connectivity index (χ4v) is 4.22. The average Bonchev–Trinajstić information content (AvgIpc) is 2.69. The second-order valence-electron chi connectivity index (χ2n) is 3.64. The second-order valence-corrected chi connectivity index (χ2v) is 5.92. The summed E-state index contributed by atoms with van der Waals surface area (Å²) in [5, 5.41) is 0. The first-order valence-electron chi connectivity index (χ1n) is 5.11. The lowest BCUT2D eigenvalue weighted by Crippen LogP contribution is -2.26. The summed E-state index contributed by atoms with van der Waals surface area (Å²) in [6, 6.07) is 2.54. The van der Waals surface area contributed by atoms with Crippen LogP contribution >= 0.6 is 23.1 Å². The Kier molecular flexibility index (Phi) is 3.86. The van der Waals surface area contributed by atoms with Crippen molar-refractivity contribution >= 4 is 23.1 Å². The SMILES string of the molecule is C=CCC(NN)c1cc2c(s1)CCSC2. The van der Waals surface area contributed by atoms with Crippen LogP contribution in [0.5, 0.6) is 0 Å². The first-order chi connectivity index (χ1) is 7.35. The van der Waals surface area contributed by atoms with Crippen molar-refractivity contribution in [2.24, 2.45) is 5.84 Å². The van der Waals surface area contributed by atoms with E-state index in [1.165, 1.54) is 22.6 Å². The zero-order chi connectivity index (χ0) is 10.7. The molecule has 2 nitrogen and oxygen atoms in total. The van der Waals surface area contributed by atoms with E-state index in [0.29, 0.717) is 0 Å². The Hall–Kier alpha value is -0.290. The summed E-state index contributed by atoms with van der Waals surface area (Å²) in [7, 11) is 0. The van der Waals surface area contributed by atoms with Crippen molar-refractivity contribution in [2.45, 2.75) is 24.6 Å². The molecule has 1 atom stereocenters. The zero-order valence-electron chi connectivity index (χ0n) is 8.66. The fraction of sp³-hybridized carbons (Fsp3) is 0.455. The van der Waals surface area contributed by atoms with Crippen LogP contribution < -0.4 is 11.3 Å². The molecule has 1 aliphatic rings. The lowest BCUT2D eigenvalue weighted by molar-refractivity contribution is 0.570. The topological polar surface area (TPSA) is 38.0 Å². The summed E-state index contributed by atoms with van der Waals surface area (Å²) in [4.78, 5) is 2.90. The minimum atomic E-state index is 0.239. The normalized spacial score (nSPS) is 17.1. The molecule has 2 rings (SSSR count). The maximum absolute atomic E-state index is 5.55. The van der Waals surface area contributed by atoms with Gasteiger partial charge >= 0.3 is 0 Å². The molecular weight excluding hydrogens is 224 g/mol. The van der Waals surface area contributed by atoms with Crippen molar-refractivity contribution in [3.63, 3.8) is 0 Å². The van der Waals surface area contributed by atoms with Gasteiger partial charge in [0.2, 0.25) is 0 Å². The molecule has 0 radical (unpaired) electrons. The molecule has 1 aromatic heterocycles. The molecule has 0 bridgehead atoms. The molecule has 0 spiro atoms. The Labute approximate surface area is 98.9 Å². The number of hydrogen-bond acceptors (Lipinski definition) is 4. The van der Waals surface area contributed by atoms with Gasteiger partial charge in [-0.25, -0.2) is 0 Å². The van der Waals surface area contributed by atoms with Gasteiger partial charge in [0.05, 0.1) is 6.04 Å². The number of fused-ring (bicyclic) bond motifs is 1. The van der Waals surface area contributed by atoms with E-state index in [1.54, 1.807) is 4.88 Å². The number of hydrazine groups is 1. The van der Waals surface area contributed by atoms with Crippen LogP contribution in [-0.2, 0) is 12.2 Å². The predicted molar refractivity (Wildman–Crippen MR) is 69.1 cm³/mol. The smallest absolute Gasteiger partial charge is 0.0587 e. The van der Waals surface area contributed by atoms with Crippen molar-refractivity contribution in [3.8, 4) is 0 Å². The number of hydrogen-bond donors (Lipinski definition) is 2. The maximum atomic E-state index is 5.55. The minimum absolute atomic E-state index is 0.239. The Morgan fingerprint density at radius 1 is 1.67 bits per heavy atom. The van der Waals surface area contributed by atoms with Crippen molar-refractivity contribution < 1.29 is 0 Å². The van der Waals surface area contributed by atoms with E-state index in [0.717, 1.165) is 12.2 Å². The van der Waals surface area contributed by atoms with Gasteiger partial charge in [0.1, 0.15) is 0 Å². The van der Waals surface area contributed by atoms with Gasteiger partial charge in [-0.1, -0.05) is 6.08 Å². The Bertz CT molecular complexity index is 323. The van der Waals surface area contributed by atoms with Crippen LogP contribution in [0.2, 0.25) is 0 Å². The maximum Gasteiger partial charge on any atom is 0.0587 e. The molecule has 0 saturated heterocycles. The molecule has 0 saturated carbocycles. The van der Waals surface area contributed by atoms with Gasteiger partial charge in [0, 0.05) is 15.5 Å². The highest BCUT2D eigenvalue weighted by atomic mass is 32.2. The van der Waals surface area contributed by atoms with Crippen LogP contribution in [-0.4, -0.2) is 5.75 Å². The number of nitrogens with one attached hydrogen (secondary N) is 1. The van der Waals surface area contributed by atoms with E-state index in [1.807, 2.05) is 29.2 Å². The molecule has 0 aromatic carbocycles. The third kappa shape index (κ3) is 2.45. The molecule has 0 aliphatic carbocycles. The quantitative estimate of drug-likeness (QED) is 0.483. The monoisotopic (exact) mass is 240 g/mol. The average molecular weight is 240 g/mol. The summed E-state index contributed by atoms with van der Waals surface area (Å²) in [5.41, 5.74) is 4.37. The van der Waals surface area contributed by atoms with E-state index in [2.05, 4.69) is 18.1 Å². The first-order valence-corrected chi connectivity index (χ1v) is 7.08. The highest BCUT2D eigenvalue weighted by molar-refractivity contribution is 7.98. The molecule has 0 fully saturated rings. The standard InChI is InChI=1S/C11H16N2S2/c1-2-3-9(13-12)11-6-8-7-14-5-4-10(8)15-11/h2,6,9,13H,1,3-5,7,12H2. The van der Waals surface area contributed by atoms with Gasteiger partial charge < -0.3 is 0 Å². The molecule has 2 heterocycles. The Balaban J connectivity index is 2.20. The van der Waals surface area contributed by atoms with E-state index in [-0.39, 0.29) is 6.04 Å². The molecule has 1 unspecified atom stereocenters. The molecule has 4 heteroatoms. The number of rotatable bonds is 4. The van der Waals surface area contributed by atoms with Gasteiger partial charge in [0.15, 0.2) is 0 Å². The molecule has 15 heavy (non-hydrogen) atoms. The number of nitrogens with two attached hydrogens (primary N) is 1. The van der Waals surface area contributed by atoms with Crippen molar-refractivity contribution in [1.29, 1.82) is 0 Å². The number of thiophene rings is 1. The number of thioether (sulfide) groups is 1. The van der Waals surface area contributed by atoms with Gasteiger partial charge in [-0.15, -0.1) is 17.9 Å². The van der Waals surface area contributed by atoms with E-state index in [9.17, 15) is 0 Å². The summed E-state index contributed by atoms with van der Waals surface area (Å²) in [6.07, 6.45) is 4.02. The molecule has 82 valence electrons. The van der Waals surface area contributed by atoms with Crippen molar-refractivity contribution in [1.82, 2.24) is 5.43 Å². The molecule has 3 N–H and O–H groups in total. The predicted octanol–water partition coefficient (Wildman–Crippen LogP) is 2.62. The van der Waals surface area contributed by atoms with Gasteiger partial charge in [-0.3, -0.25) is 11.3 Å². The Morgan fingerprint density at radius 3 is 3.20 bits per heavy atom. The molecule has 1 aliphatic heterocycles. The van der Waals surface area contributed by atoms with Crippen molar-refractivity contribution in [2.75, 3.05) is 5.75 Å². The van der Waals surface area contributed by atoms with E-state index < -0.39 is 0 Å². The highest BCUT2D eigenvalue weighted by Crippen LogP contribution is 2.35. The Morgan fingerprint density at radius 2 is 2.53 bits per heavy atom. The lowest BCUT2D eigenvalue weighted by Gasteiger charge is -2.10. The molecule has 1 aromatic rings. The van der Waals surface area contributed by atoms with Gasteiger partial charge in [-0.05, 0) is 30.2 Å². The van der Waals surface area contributed by atoms with Gasteiger partial charge in [0.25, 0.3) is 0 Å². The van der Waals surface area contributed by atoms with Crippen LogP contribution in [0.1, 0.15) is 27.8 Å². The van der Waals surface area contributed by atoms with Gasteiger partial charge in [-0.2, -0.15) is 11.8 Å². The summed E-state index contributed by atoms with van der Waals surface area (Å²) >= 11 is 3.92. The summed E-state index contributed by atoms with van der Waals surface area (Å²) in [5.74, 6) is 7.98. The summed E-state index contributed by atoms with van der Waals surface area (Å²) in [6.45, 7) is 3.76. The summed E-state index contributed by atoms with van der Waals surface area (Å²) < 4.78 is 0. The van der Waals surface area contributed by atoms with Crippen LogP contribution in [0.15, 0.2) is 18.7 Å². The fourth-order valence-electron chi connectivity index (χ4n) is 1.77. The molecular formula is C11H16N2S2. The molecule has 0 amide bonds. The largest absolute Gasteiger partial charge is 0.271 e. The van der Waals surface area contributed by atoms with Crippen LogP contribution in [0.3, 0.4) is 0 Å². The van der Waals surface area contributed by atoms with Crippen LogP contribution in [0.25, 0.3) is 0 Å². The highest BCUT2D eigenvalue weighted by Gasteiger charge is 2.17. The van der Waals surface area contributed by atoms with Crippen molar-refractivity contribution in [3.05, 3.63) is 34.0 Å². The number of aryl methyl sites for hydroxylation is 1. The third-order valence-corrected chi connectivity index (χ3v) is 4.95. The minimum Gasteiger partial charge on any atom is -0.271 e.